The van der Waals surface area contributed by atoms with E-state index in [0.29, 0.717) is 6.04 Å². The van der Waals surface area contributed by atoms with Crippen LogP contribution in [-0.2, 0) is 0 Å². The molecule has 114 valence electrons. The molecule has 1 fully saturated rings. The third-order valence-electron chi connectivity index (χ3n) is 4.41. The van der Waals surface area contributed by atoms with Gasteiger partial charge < -0.3 is 10.2 Å². The minimum atomic E-state index is 0.532. The van der Waals surface area contributed by atoms with Crippen molar-refractivity contribution in [3.05, 3.63) is 18.2 Å². The second-order valence-electron chi connectivity index (χ2n) is 5.94. The van der Waals surface area contributed by atoms with Gasteiger partial charge in [0.05, 0.1) is 10.2 Å². The lowest BCUT2D eigenvalue weighted by molar-refractivity contribution is 0.208. The van der Waals surface area contributed by atoms with Crippen LogP contribution in [0.4, 0.5) is 5.69 Å². The molecule has 3 rings (SSSR count). The van der Waals surface area contributed by atoms with Gasteiger partial charge in [-0.25, -0.2) is 4.98 Å². The standard InChI is InChI=1S/C16H23N3S2/c1-11(12-6-8-19(2)9-7-12)17-13-4-5-14-15(10-13)21-16(18-14)20-3/h4-5,10-12,17H,6-9H2,1-3H3. The Morgan fingerprint density at radius 3 is 2.86 bits per heavy atom. The van der Waals surface area contributed by atoms with Crippen LogP contribution < -0.4 is 5.32 Å². The second kappa shape index (κ2) is 6.55. The van der Waals surface area contributed by atoms with E-state index in [1.54, 1.807) is 23.1 Å². The molecule has 1 aliphatic heterocycles. The van der Waals surface area contributed by atoms with Gasteiger partial charge in [-0.1, -0.05) is 11.8 Å². The largest absolute Gasteiger partial charge is 0.382 e. The molecule has 2 heterocycles. The highest BCUT2D eigenvalue weighted by atomic mass is 32.2. The molecule has 1 atom stereocenters. The van der Waals surface area contributed by atoms with Crippen LogP contribution in [0.5, 0.6) is 0 Å². The van der Waals surface area contributed by atoms with E-state index in [4.69, 9.17) is 0 Å². The molecule has 0 bridgehead atoms. The Balaban J connectivity index is 1.69. The number of rotatable bonds is 4. The highest BCUT2D eigenvalue weighted by molar-refractivity contribution is 8.00. The predicted octanol–water partition coefficient (Wildman–Crippen LogP) is 4.16. The van der Waals surface area contributed by atoms with Crippen molar-refractivity contribution < 1.29 is 0 Å². The van der Waals surface area contributed by atoms with Gasteiger partial charge >= 0.3 is 0 Å². The summed E-state index contributed by atoms with van der Waals surface area (Å²) < 4.78 is 2.42. The molecule has 0 aliphatic carbocycles. The fourth-order valence-electron chi connectivity index (χ4n) is 2.99. The van der Waals surface area contributed by atoms with Gasteiger partial charge in [-0.15, -0.1) is 11.3 Å². The molecule has 21 heavy (non-hydrogen) atoms. The fourth-order valence-corrected chi connectivity index (χ4v) is 4.52. The van der Waals surface area contributed by atoms with Crippen molar-refractivity contribution in [2.45, 2.75) is 30.1 Å². The maximum absolute atomic E-state index is 4.60. The third-order valence-corrected chi connectivity index (χ3v) is 6.41. The minimum absolute atomic E-state index is 0.532. The molecule has 1 N–H and O–H groups in total. The van der Waals surface area contributed by atoms with Crippen LogP contribution in [0.2, 0.25) is 0 Å². The van der Waals surface area contributed by atoms with Gasteiger partial charge in [0.25, 0.3) is 0 Å². The summed E-state index contributed by atoms with van der Waals surface area (Å²) in [7, 11) is 2.22. The van der Waals surface area contributed by atoms with E-state index in [-0.39, 0.29) is 0 Å². The number of anilines is 1. The Hall–Kier alpha value is -0.780. The zero-order valence-corrected chi connectivity index (χ0v) is 14.6. The smallest absolute Gasteiger partial charge is 0.150 e. The number of thioether (sulfide) groups is 1. The zero-order valence-electron chi connectivity index (χ0n) is 12.9. The monoisotopic (exact) mass is 321 g/mol. The van der Waals surface area contributed by atoms with Crippen molar-refractivity contribution in [2.24, 2.45) is 5.92 Å². The highest BCUT2D eigenvalue weighted by Crippen LogP contribution is 2.31. The maximum Gasteiger partial charge on any atom is 0.150 e. The summed E-state index contributed by atoms with van der Waals surface area (Å²) in [4.78, 5) is 7.02. The molecule has 0 spiro atoms. The summed E-state index contributed by atoms with van der Waals surface area (Å²) in [6, 6.07) is 7.08. The van der Waals surface area contributed by atoms with Gasteiger partial charge in [0.1, 0.15) is 0 Å². The van der Waals surface area contributed by atoms with Crippen LogP contribution in [0.15, 0.2) is 22.5 Å². The molecule has 1 unspecified atom stereocenters. The number of aromatic nitrogens is 1. The first-order chi connectivity index (χ1) is 10.2. The number of likely N-dealkylation sites (tertiary alicyclic amines) is 1. The molecule has 2 aromatic rings. The van der Waals surface area contributed by atoms with E-state index in [9.17, 15) is 0 Å². The topological polar surface area (TPSA) is 28.2 Å². The Bertz CT molecular complexity index is 603. The molecular formula is C16H23N3S2. The fraction of sp³-hybridized carbons (Fsp3) is 0.562. The molecule has 1 aromatic carbocycles. The lowest BCUT2D eigenvalue weighted by atomic mass is 9.90. The van der Waals surface area contributed by atoms with E-state index >= 15 is 0 Å². The summed E-state index contributed by atoms with van der Waals surface area (Å²) in [6.07, 6.45) is 4.67. The van der Waals surface area contributed by atoms with Crippen LogP contribution in [0.25, 0.3) is 10.2 Å². The Morgan fingerprint density at radius 1 is 1.38 bits per heavy atom. The van der Waals surface area contributed by atoms with Gasteiger partial charge in [-0.05, 0) is 70.3 Å². The SMILES string of the molecule is CSc1nc2ccc(NC(C)C3CCN(C)CC3)cc2s1. The molecule has 1 aromatic heterocycles. The van der Waals surface area contributed by atoms with Crippen molar-refractivity contribution in [3.8, 4) is 0 Å². The lowest BCUT2D eigenvalue weighted by Gasteiger charge is -2.33. The van der Waals surface area contributed by atoms with Crippen LogP contribution in [0.1, 0.15) is 19.8 Å². The number of nitrogens with zero attached hydrogens (tertiary/aromatic N) is 2. The summed E-state index contributed by atoms with van der Waals surface area (Å²) in [5.74, 6) is 0.778. The highest BCUT2D eigenvalue weighted by Gasteiger charge is 2.22. The Labute approximate surface area is 135 Å². The number of piperidine rings is 1. The predicted molar refractivity (Wildman–Crippen MR) is 94.7 cm³/mol. The average molecular weight is 322 g/mol. The number of thiazole rings is 1. The van der Waals surface area contributed by atoms with Gasteiger partial charge in [-0.2, -0.15) is 0 Å². The maximum atomic E-state index is 4.60. The Morgan fingerprint density at radius 2 is 2.14 bits per heavy atom. The number of fused-ring (bicyclic) bond motifs is 1. The van der Waals surface area contributed by atoms with E-state index in [0.717, 1.165) is 15.8 Å². The number of nitrogens with one attached hydrogen (secondary N) is 1. The first kappa shape index (κ1) is 15.1. The van der Waals surface area contributed by atoms with Gasteiger partial charge in [0, 0.05) is 11.7 Å². The molecule has 5 heteroatoms. The van der Waals surface area contributed by atoms with Crippen LogP contribution in [0.3, 0.4) is 0 Å². The zero-order chi connectivity index (χ0) is 14.8. The third kappa shape index (κ3) is 3.52. The van der Waals surface area contributed by atoms with E-state index < -0.39 is 0 Å². The number of hydrogen-bond acceptors (Lipinski definition) is 5. The molecule has 3 nitrogen and oxygen atoms in total. The van der Waals surface area contributed by atoms with Crippen molar-refractivity contribution in [1.29, 1.82) is 0 Å². The van der Waals surface area contributed by atoms with Gasteiger partial charge in [0.15, 0.2) is 4.34 Å². The summed E-state index contributed by atoms with van der Waals surface area (Å²) >= 11 is 3.50. The van der Waals surface area contributed by atoms with Crippen LogP contribution >= 0.6 is 23.1 Å². The van der Waals surface area contributed by atoms with E-state index in [1.807, 2.05) is 0 Å². The quantitative estimate of drug-likeness (QED) is 0.856. The van der Waals surface area contributed by atoms with Crippen LogP contribution in [0, 0.1) is 5.92 Å². The Kier molecular flexibility index (Phi) is 4.72. The summed E-state index contributed by atoms with van der Waals surface area (Å²) in [5, 5.41) is 3.70. The molecule has 1 aliphatic rings. The molecule has 0 amide bonds. The molecular weight excluding hydrogens is 298 g/mol. The van der Waals surface area contributed by atoms with Crippen molar-refractivity contribution in [3.63, 3.8) is 0 Å². The molecule has 0 saturated carbocycles. The van der Waals surface area contributed by atoms with Crippen molar-refractivity contribution >= 4 is 39.0 Å². The normalized spacial score (nSPS) is 19.0. The second-order valence-corrected chi connectivity index (χ2v) is 8.02. The van der Waals surface area contributed by atoms with Crippen LogP contribution in [-0.4, -0.2) is 42.3 Å². The van der Waals surface area contributed by atoms with Gasteiger partial charge in [-0.3, -0.25) is 0 Å². The minimum Gasteiger partial charge on any atom is -0.382 e. The van der Waals surface area contributed by atoms with E-state index in [2.05, 4.69) is 53.6 Å². The number of hydrogen-bond donors (Lipinski definition) is 1. The summed E-state index contributed by atoms with van der Waals surface area (Å²) in [6.45, 7) is 4.77. The summed E-state index contributed by atoms with van der Waals surface area (Å²) in [5.41, 5.74) is 2.34. The van der Waals surface area contributed by atoms with Crippen molar-refractivity contribution in [1.82, 2.24) is 9.88 Å². The number of benzene rings is 1. The van der Waals surface area contributed by atoms with Gasteiger partial charge in [0.2, 0.25) is 0 Å². The first-order valence-corrected chi connectivity index (χ1v) is 9.59. The van der Waals surface area contributed by atoms with Crippen molar-refractivity contribution in [2.75, 3.05) is 31.7 Å². The first-order valence-electron chi connectivity index (χ1n) is 7.55. The molecule has 0 radical (unpaired) electrons. The molecule has 1 saturated heterocycles. The average Bonchev–Trinajstić information content (AvgIpc) is 2.90. The van der Waals surface area contributed by atoms with E-state index in [1.165, 1.54) is 36.3 Å². The lowest BCUT2D eigenvalue weighted by Crippen LogP contribution is -2.37.